The van der Waals surface area contributed by atoms with Crippen LogP contribution in [0, 0.1) is 10.1 Å². The lowest BCUT2D eigenvalue weighted by molar-refractivity contribution is -0.384. The molecule has 0 bridgehead atoms. The van der Waals surface area contributed by atoms with E-state index in [0.29, 0.717) is 5.56 Å². The molecule has 0 N–H and O–H groups in total. The van der Waals surface area contributed by atoms with Crippen LogP contribution in [0.5, 0.6) is 0 Å². The Morgan fingerprint density at radius 1 is 1.32 bits per heavy atom. The zero-order valence-electron chi connectivity index (χ0n) is 10.3. The highest BCUT2D eigenvalue weighted by atomic mass is 16.6. The van der Waals surface area contributed by atoms with Crippen LogP contribution in [-0.4, -0.2) is 28.7 Å². The highest BCUT2D eigenvalue weighted by molar-refractivity contribution is 6.23. The number of imide groups is 1. The number of hydrogen-bond acceptors (Lipinski definition) is 4. The van der Waals surface area contributed by atoms with E-state index in [1.165, 1.54) is 31.3 Å². The van der Waals surface area contributed by atoms with Crippen molar-refractivity contribution >= 4 is 23.1 Å². The third-order valence-electron chi connectivity index (χ3n) is 2.49. The molecule has 2 amide bonds. The minimum absolute atomic E-state index is 0.0765. The van der Waals surface area contributed by atoms with Crippen molar-refractivity contribution in [1.29, 1.82) is 0 Å². The molecule has 0 heterocycles. The van der Waals surface area contributed by atoms with Gasteiger partial charge in [-0.15, -0.1) is 0 Å². The Labute approximate surface area is 109 Å². The Kier molecular flexibility index (Phi) is 4.31. The molecular formula is C13H12N2O4. The molecule has 0 aromatic heterocycles. The van der Waals surface area contributed by atoms with Crippen molar-refractivity contribution in [3.05, 3.63) is 59.2 Å². The van der Waals surface area contributed by atoms with Gasteiger partial charge in [-0.2, -0.15) is 0 Å². The minimum atomic E-state index is -0.584. The third-order valence-corrected chi connectivity index (χ3v) is 2.49. The Morgan fingerprint density at radius 3 is 2.26 bits per heavy atom. The molecule has 1 rings (SSSR count). The molecule has 1 aromatic rings. The second-order valence-corrected chi connectivity index (χ2v) is 3.69. The van der Waals surface area contributed by atoms with Gasteiger partial charge in [-0.3, -0.25) is 24.6 Å². The van der Waals surface area contributed by atoms with Crippen LogP contribution in [0.2, 0.25) is 0 Å². The predicted molar refractivity (Wildman–Crippen MR) is 70.1 cm³/mol. The number of amides is 2. The van der Waals surface area contributed by atoms with Gasteiger partial charge in [0.1, 0.15) is 0 Å². The first-order chi connectivity index (χ1) is 8.88. The van der Waals surface area contributed by atoms with E-state index in [1.54, 1.807) is 0 Å². The molecule has 0 saturated carbocycles. The molecule has 0 aliphatic carbocycles. The number of rotatable bonds is 4. The van der Waals surface area contributed by atoms with Gasteiger partial charge in [0.15, 0.2) is 0 Å². The molecule has 0 atom stereocenters. The molecule has 0 saturated heterocycles. The average Bonchev–Trinajstić information content (AvgIpc) is 2.44. The number of likely N-dealkylation sites (N-methyl/N-ethyl adjacent to an activating group) is 1. The quantitative estimate of drug-likeness (QED) is 0.469. The van der Waals surface area contributed by atoms with Gasteiger partial charge in [0.25, 0.3) is 17.5 Å². The Morgan fingerprint density at radius 2 is 1.84 bits per heavy atom. The summed E-state index contributed by atoms with van der Waals surface area (Å²) in [5, 5.41) is 10.5. The highest BCUT2D eigenvalue weighted by Crippen LogP contribution is 2.19. The summed E-state index contributed by atoms with van der Waals surface area (Å²) in [5.74, 6) is -1.13. The molecule has 0 fully saturated rings. The molecule has 0 aliphatic rings. The van der Waals surface area contributed by atoms with Crippen LogP contribution in [0.3, 0.4) is 0 Å². The molecule has 0 aliphatic heterocycles. The SMILES string of the molecule is C=CC(=O)N(C)C(=O)C(=C)c1ccc([N+](=O)[O-])cc1. The summed E-state index contributed by atoms with van der Waals surface area (Å²) in [7, 11) is 1.31. The van der Waals surface area contributed by atoms with E-state index in [4.69, 9.17) is 0 Å². The Bertz CT molecular complexity index is 561. The summed E-state index contributed by atoms with van der Waals surface area (Å²) < 4.78 is 0. The van der Waals surface area contributed by atoms with Crippen LogP contribution in [0.25, 0.3) is 5.57 Å². The molecule has 1 aromatic carbocycles. The number of nitro benzene ring substituents is 1. The van der Waals surface area contributed by atoms with Gasteiger partial charge < -0.3 is 0 Å². The van der Waals surface area contributed by atoms with Gasteiger partial charge in [0.2, 0.25) is 0 Å². The zero-order chi connectivity index (χ0) is 14.6. The summed E-state index contributed by atoms with van der Waals surface area (Å²) in [6, 6.07) is 5.35. The van der Waals surface area contributed by atoms with Crippen molar-refractivity contribution in [3.63, 3.8) is 0 Å². The van der Waals surface area contributed by atoms with Gasteiger partial charge in [-0.1, -0.05) is 13.2 Å². The largest absolute Gasteiger partial charge is 0.278 e. The fourth-order valence-corrected chi connectivity index (χ4v) is 1.35. The van der Waals surface area contributed by atoms with E-state index in [-0.39, 0.29) is 11.3 Å². The van der Waals surface area contributed by atoms with E-state index < -0.39 is 16.7 Å². The van der Waals surface area contributed by atoms with Crippen LogP contribution >= 0.6 is 0 Å². The van der Waals surface area contributed by atoms with E-state index in [2.05, 4.69) is 13.2 Å². The summed E-state index contributed by atoms with van der Waals surface area (Å²) in [4.78, 5) is 34.0. The fourth-order valence-electron chi connectivity index (χ4n) is 1.35. The maximum Gasteiger partial charge on any atom is 0.269 e. The normalized spacial score (nSPS) is 9.53. The first-order valence-electron chi connectivity index (χ1n) is 5.26. The van der Waals surface area contributed by atoms with E-state index in [1.807, 2.05) is 0 Å². The van der Waals surface area contributed by atoms with E-state index in [9.17, 15) is 19.7 Å². The number of non-ortho nitro benzene ring substituents is 1. The van der Waals surface area contributed by atoms with Crippen LogP contribution < -0.4 is 0 Å². The van der Waals surface area contributed by atoms with Crippen molar-refractivity contribution in [1.82, 2.24) is 4.90 Å². The number of nitro groups is 1. The van der Waals surface area contributed by atoms with Crippen molar-refractivity contribution < 1.29 is 14.5 Å². The topological polar surface area (TPSA) is 80.5 Å². The summed E-state index contributed by atoms with van der Waals surface area (Å²) in [6.07, 6.45) is 1.01. The molecule has 6 nitrogen and oxygen atoms in total. The molecule has 0 radical (unpaired) electrons. The standard InChI is InChI=1S/C13H12N2O4/c1-4-12(16)14(3)13(17)9(2)10-5-7-11(8-6-10)15(18)19/h4-8H,1-2H2,3H3. The van der Waals surface area contributed by atoms with Gasteiger partial charge in [0, 0.05) is 24.8 Å². The van der Waals surface area contributed by atoms with Crippen LogP contribution in [0.15, 0.2) is 43.5 Å². The fraction of sp³-hybridized carbons (Fsp3) is 0.0769. The smallest absolute Gasteiger partial charge is 0.269 e. The second-order valence-electron chi connectivity index (χ2n) is 3.69. The number of carbonyl (C=O) groups is 2. The van der Waals surface area contributed by atoms with Crippen molar-refractivity contribution in [3.8, 4) is 0 Å². The average molecular weight is 260 g/mol. The van der Waals surface area contributed by atoms with Crippen molar-refractivity contribution in [2.75, 3.05) is 7.05 Å². The number of benzene rings is 1. The third kappa shape index (κ3) is 3.12. The predicted octanol–water partition coefficient (Wildman–Crippen LogP) is 1.78. The van der Waals surface area contributed by atoms with Gasteiger partial charge in [0.05, 0.1) is 4.92 Å². The van der Waals surface area contributed by atoms with Crippen molar-refractivity contribution in [2.24, 2.45) is 0 Å². The Hall–Kier alpha value is -2.76. The van der Waals surface area contributed by atoms with Gasteiger partial charge in [-0.25, -0.2) is 0 Å². The van der Waals surface area contributed by atoms with Crippen LogP contribution in [-0.2, 0) is 9.59 Å². The maximum absolute atomic E-state index is 11.9. The lowest BCUT2D eigenvalue weighted by atomic mass is 10.1. The van der Waals surface area contributed by atoms with E-state index in [0.717, 1.165) is 11.0 Å². The summed E-state index contributed by atoms with van der Waals surface area (Å²) in [5.41, 5.74) is 0.409. The lowest BCUT2D eigenvalue weighted by Gasteiger charge is -2.14. The molecule has 6 heteroatoms. The summed E-state index contributed by atoms with van der Waals surface area (Å²) in [6.45, 7) is 6.87. The van der Waals surface area contributed by atoms with Crippen LogP contribution in [0.1, 0.15) is 5.56 Å². The molecule has 98 valence electrons. The number of nitrogens with zero attached hydrogens (tertiary/aromatic N) is 2. The maximum atomic E-state index is 11.9. The highest BCUT2D eigenvalue weighted by Gasteiger charge is 2.18. The number of carbonyl (C=O) groups excluding carboxylic acids is 2. The molecule has 0 spiro atoms. The monoisotopic (exact) mass is 260 g/mol. The minimum Gasteiger partial charge on any atom is -0.278 e. The Balaban J connectivity index is 2.94. The lowest BCUT2D eigenvalue weighted by Crippen LogP contribution is -2.32. The second kappa shape index (κ2) is 5.72. The van der Waals surface area contributed by atoms with Crippen molar-refractivity contribution in [2.45, 2.75) is 0 Å². The first-order valence-corrected chi connectivity index (χ1v) is 5.26. The summed E-state index contributed by atoms with van der Waals surface area (Å²) >= 11 is 0. The molecular weight excluding hydrogens is 248 g/mol. The molecule has 0 unspecified atom stereocenters. The van der Waals surface area contributed by atoms with E-state index >= 15 is 0 Å². The number of hydrogen-bond donors (Lipinski definition) is 0. The zero-order valence-corrected chi connectivity index (χ0v) is 10.3. The first kappa shape index (κ1) is 14.3. The van der Waals surface area contributed by atoms with Crippen LogP contribution in [0.4, 0.5) is 5.69 Å². The van der Waals surface area contributed by atoms with Gasteiger partial charge >= 0.3 is 0 Å². The molecule has 19 heavy (non-hydrogen) atoms. The van der Waals surface area contributed by atoms with Gasteiger partial charge in [-0.05, 0) is 23.8 Å².